The number of ether oxygens (including phenoxy) is 1. The zero-order valence-corrected chi connectivity index (χ0v) is 26.3. The number of hydrogen-bond donors (Lipinski definition) is 1. The summed E-state index contributed by atoms with van der Waals surface area (Å²) in [4.78, 5) is 25.5. The first kappa shape index (κ1) is 32.8. The van der Waals surface area contributed by atoms with Gasteiger partial charge in [-0.2, -0.15) is 10.4 Å². The minimum atomic E-state index is -0.533. The lowest BCUT2D eigenvalue weighted by molar-refractivity contribution is -0.129. The molecule has 0 saturated carbocycles. The number of nitriles is 1. The van der Waals surface area contributed by atoms with Crippen molar-refractivity contribution in [2.24, 2.45) is 5.41 Å². The Bertz CT molecular complexity index is 1420. The maximum atomic E-state index is 12.1. The molecule has 0 aliphatic heterocycles. The Morgan fingerprint density at radius 2 is 1.93 bits per heavy atom. The number of rotatable bonds is 14. The average Bonchev–Trinajstić information content (AvgIpc) is 3.32. The van der Waals surface area contributed by atoms with Crippen LogP contribution < -0.4 is 10.2 Å². The molecular formula is C33H42ClN5O3. The second kappa shape index (κ2) is 15.0. The van der Waals surface area contributed by atoms with Crippen LogP contribution in [0.2, 0.25) is 5.02 Å². The SMILES string of the molecule is CCN(c1ccc(C#N)c(Cl)c1)c1cc(-c2nn(CCCCCOCC(=O)NC(C=O)C(C)(C)C)cc2C)ccc1C. The van der Waals surface area contributed by atoms with Gasteiger partial charge in [-0.3, -0.25) is 9.48 Å². The Balaban J connectivity index is 1.55. The largest absolute Gasteiger partial charge is 0.372 e. The number of aldehydes is 1. The highest BCUT2D eigenvalue weighted by atomic mass is 35.5. The van der Waals surface area contributed by atoms with E-state index in [1.54, 1.807) is 6.07 Å². The molecule has 0 bridgehead atoms. The highest BCUT2D eigenvalue weighted by Gasteiger charge is 2.25. The Labute approximate surface area is 254 Å². The third kappa shape index (κ3) is 8.67. The Morgan fingerprint density at radius 1 is 1.17 bits per heavy atom. The quantitative estimate of drug-likeness (QED) is 0.164. The van der Waals surface area contributed by atoms with Crippen LogP contribution in [0.1, 0.15) is 63.6 Å². The van der Waals surface area contributed by atoms with Crippen LogP contribution in [0.5, 0.6) is 0 Å². The van der Waals surface area contributed by atoms with Gasteiger partial charge in [0.1, 0.15) is 19.0 Å². The van der Waals surface area contributed by atoms with E-state index in [-0.39, 0.29) is 17.9 Å². The fourth-order valence-corrected chi connectivity index (χ4v) is 4.93. The lowest BCUT2D eigenvalue weighted by Crippen LogP contribution is -2.46. The summed E-state index contributed by atoms with van der Waals surface area (Å²) in [5.41, 5.74) is 6.36. The van der Waals surface area contributed by atoms with Gasteiger partial charge >= 0.3 is 0 Å². The minimum Gasteiger partial charge on any atom is -0.372 e. The second-order valence-electron chi connectivity index (χ2n) is 11.6. The van der Waals surface area contributed by atoms with Gasteiger partial charge in [-0.1, -0.05) is 44.5 Å². The van der Waals surface area contributed by atoms with Crippen LogP contribution in [0.15, 0.2) is 42.6 Å². The fraction of sp³-hybridized carbons (Fsp3) is 0.455. The predicted molar refractivity (Wildman–Crippen MR) is 168 cm³/mol. The van der Waals surface area contributed by atoms with Crippen molar-refractivity contribution >= 4 is 35.2 Å². The summed E-state index contributed by atoms with van der Waals surface area (Å²) in [6.07, 6.45) is 5.57. The molecule has 224 valence electrons. The molecule has 1 N–H and O–H groups in total. The van der Waals surface area contributed by atoms with E-state index in [1.807, 2.05) is 37.6 Å². The van der Waals surface area contributed by atoms with Gasteiger partial charge in [0.2, 0.25) is 5.91 Å². The molecule has 0 radical (unpaired) electrons. The number of aryl methyl sites for hydroxylation is 3. The number of carbonyl (C=O) groups excluding carboxylic acids is 2. The van der Waals surface area contributed by atoms with Crippen LogP contribution in [-0.4, -0.2) is 47.8 Å². The molecule has 0 aliphatic carbocycles. The average molecular weight is 592 g/mol. The van der Waals surface area contributed by atoms with Gasteiger partial charge in [-0.05, 0) is 80.8 Å². The van der Waals surface area contributed by atoms with Crippen LogP contribution in [0, 0.1) is 30.6 Å². The van der Waals surface area contributed by atoms with Crippen LogP contribution in [0.4, 0.5) is 11.4 Å². The number of nitrogens with one attached hydrogen (secondary N) is 1. The summed E-state index contributed by atoms with van der Waals surface area (Å²) < 4.78 is 7.50. The predicted octanol–water partition coefficient (Wildman–Crippen LogP) is 6.77. The molecule has 1 heterocycles. The Morgan fingerprint density at radius 3 is 2.57 bits per heavy atom. The van der Waals surface area contributed by atoms with Crippen molar-refractivity contribution in [1.82, 2.24) is 15.1 Å². The minimum absolute atomic E-state index is 0.0473. The molecule has 3 aromatic rings. The van der Waals surface area contributed by atoms with E-state index < -0.39 is 6.04 Å². The number of aromatic nitrogens is 2. The number of anilines is 2. The standard InChI is InChI=1S/C33H42ClN5O3/c1-7-39(27-14-13-26(19-35)28(34)18-27)29-17-25(12-11-23(29)2)32-24(3)20-38(37-32)15-9-8-10-16-42-22-31(41)36-30(21-40)33(4,5)6/h11-14,17-18,20-21,30H,7-10,15-16,22H2,1-6H3,(H,36,41). The van der Waals surface area contributed by atoms with E-state index in [9.17, 15) is 14.9 Å². The number of halogens is 1. The van der Waals surface area contributed by atoms with Crippen LogP contribution >= 0.6 is 11.6 Å². The molecule has 1 amide bonds. The summed E-state index contributed by atoms with van der Waals surface area (Å²) in [6.45, 7) is 13.9. The summed E-state index contributed by atoms with van der Waals surface area (Å²) >= 11 is 6.34. The zero-order chi connectivity index (χ0) is 30.9. The van der Waals surface area contributed by atoms with Crippen molar-refractivity contribution in [3.8, 4) is 17.3 Å². The monoisotopic (exact) mass is 591 g/mol. The molecule has 9 heteroatoms. The molecule has 0 fully saturated rings. The van der Waals surface area contributed by atoms with Gasteiger partial charge < -0.3 is 19.7 Å². The first-order chi connectivity index (χ1) is 20.0. The fourth-order valence-electron chi connectivity index (χ4n) is 4.71. The molecular weight excluding hydrogens is 550 g/mol. The molecule has 0 saturated heterocycles. The van der Waals surface area contributed by atoms with Crippen molar-refractivity contribution in [3.05, 3.63) is 64.3 Å². The lowest BCUT2D eigenvalue weighted by atomic mass is 9.88. The first-order valence-electron chi connectivity index (χ1n) is 14.4. The zero-order valence-electron chi connectivity index (χ0n) is 25.5. The highest BCUT2D eigenvalue weighted by molar-refractivity contribution is 6.32. The Hall–Kier alpha value is -3.67. The van der Waals surface area contributed by atoms with Gasteiger partial charge in [-0.15, -0.1) is 0 Å². The molecule has 1 unspecified atom stereocenters. The second-order valence-corrected chi connectivity index (χ2v) is 12.0. The van der Waals surface area contributed by atoms with Crippen molar-refractivity contribution in [3.63, 3.8) is 0 Å². The summed E-state index contributed by atoms with van der Waals surface area (Å²) in [5, 5.41) is 17.3. The van der Waals surface area contributed by atoms with Crippen LogP contribution in [0.3, 0.4) is 0 Å². The summed E-state index contributed by atoms with van der Waals surface area (Å²) in [6, 6.07) is 13.5. The summed E-state index contributed by atoms with van der Waals surface area (Å²) in [5.74, 6) is -0.274. The van der Waals surface area contributed by atoms with E-state index in [4.69, 9.17) is 21.4 Å². The number of unbranched alkanes of at least 4 members (excludes halogenated alkanes) is 2. The molecule has 1 atom stereocenters. The summed E-state index contributed by atoms with van der Waals surface area (Å²) in [7, 11) is 0. The van der Waals surface area contributed by atoms with E-state index in [1.165, 1.54) is 0 Å². The number of carbonyl (C=O) groups is 2. The topological polar surface area (TPSA) is 100 Å². The van der Waals surface area contributed by atoms with Gasteiger partial charge in [0, 0.05) is 42.8 Å². The van der Waals surface area contributed by atoms with Gasteiger partial charge in [-0.25, -0.2) is 0 Å². The van der Waals surface area contributed by atoms with E-state index >= 15 is 0 Å². The molecule has 3 rings (SSSR count). The molecule has 42 heavy (non-hydrogen) atoms. The smallest absolute Gasteiger partial charge is 0.246 e. The van der Waals surface area contributed by atoms with Crippen molar-refractivity contribution < 1.29 is 14.3 Å². The first-order valence-corrected chi connectivity index (χ1v) is 14.8. The molecule has 2 aromatic carbocycles. The van der Waals surface area contributed by atoms with Gasteiger partial charge in [0.15, 0.2) is 0 Å². The molecule has 0 spiro atoms. The number of amides is 1. The van der Waals surface area contributed by atoms with E-state index in [0.29, 0.717) is 17.2 Å². The van der Waals surface area contributed by atoms with Gasteiger partial charge in [0.05, 0.1) is 22.3 Å². The molecule has 1 aromatic heterocycles. The third-order valence-electron chi connectivity index (χ3n) is 7.21. The maximum Gasteiger partial charge on any atom is 0.246 e. The highest BCUT2D eigenvalue weighted by Crippen LogP contribution is 2.34. The van der Waals surface area contributed by atoms with Crippen molar-refractivity contribution in [1.29, 1.82) is 5.26 Å². The third-order valence-corrected chi connectivity index (χ3v) is 7.53. The normalized spacial score (nSPS) is 12.0. The molecule has 0 aliphatic rings. The van der Waals surface area contributed by atoms with Crippen molar-refractivity contribution in [2.75, 3.05) is 24.7 Å². The number of hydrogen-bond acceptors (Lipinski definition) is 6. The van der Waals surface area contributed by atoms with E-state index in [2.05, 4.69) is 61.5 Å². The lowest BCUT2D eigenvalue weighted by Gasteiger charge is -2.26. The van der Waals surface area contributed by atoms with Crippen LogP contribution in [0.25, 0.3) is 11.3 Å². The number of benzene rings is 2. The van der Waals surface area contributed by atoms with Gasteiger partial charge in [0.25, 0.3) is 0 Å². The Kier molecular flexibility index (Phi) is 11.7. The van der Waals surface area contributed by atoms with Crippen LogP contribution in [-0.2, 0) is 20.9 Å². The number of nitrogens with zero attached hydrogens (tertiary/aromatic N) is 4. The molecule has 8 nitrogen and oxygen atoms in total. The van der Waals surface area contributed by atoms with E-state index in [0.717, 1.165) is 72.4 Å². The maximum absolute atomic E-state index is 12.1. The van der Waals surface area contributed by atoms with Crippen molar-refractivity contribution in [2.45, 2.75) is 73.4 Å².